The van der Waals surface area contributed by atoms with Crippen LogP contribution in [0.3, 0.4) is 0 Å². The molecule has 0 bridgehead atoms. The van der Waals surface area contributed by atoms with E-state index in [2.05, 4.69) is 63.0 Å². The van der Waals surface area contributed by atoms with Gasteiger partial charge in [0.1, 0.15) is 17.1 Å². The molecule has 0 amide bonds. The number of thiophene rings is 1. The van der Waals surface area contributed by atoms with Gasteiger partial charge in [-0.1, -0.05) is 6.92 Å². The minimum atomic E-state index is 0.209. The monoisotopic (exact) mass is 408 g/mol. The van der Waals surface area contributed by atoms with E-state index >= 15 is 0 Å². The first-order chi connectivity index (χ1) is 14.3. The standard InChI is InChI=1S/C21H24N6OS/c1-2-10-27(21-14-28-11-9-23-21)16-5-3-15(4-6-16)24-20-12-18(25-26-20)19-8-7-17(13-22)29-19/h3-8,12,21,23H,2,9-11,14H2,1H3,(H2,24,25,26). The molecular formula is C21H24N6OS. The van der Waals surface area contributed by atoms with Crippen LogP contribution in [0, 0.1) is 11.3 Å². The molecule has 7 nitrogen and oxygen atoms in total. The molecule has 29 heavy (non-hydrogen) atoms. The highest BCUT2D eigenvalue weighted by Crippen LogP contribution is 2.29. The van der Waals surface area contributed by atoms with Crippen LogP contribution in [-0.2, 0) is 4.74 Å². The third-order valence-corrected chi connectivity index (χ3v) is 5.80. The summed E-state index contributed by atoms with van der Waals surface area (Å²) in [6, 6.07) is 16.2. The van der Waals surface area contributed by atoms with Crippen molar-refractivity contribution in [3.05, 3.63) is 47.3 Å². The zero-order valence-corrected chi connectivity index (χ0v) is 17.1. The van der Waals surface area contributed by atoms with Gasteiger partial charge in [-0.25, -0.2) is 0 Å². The van der Waals surface area contributed by atoms with Crippen LogP contribution in [0.15, 0.2) is 42.5 Å². The number of morpholine rings is 1. The fourth-order valence-electron chi connectivity index (χ4n) is 3.40. The van der Waals surface area contributed by atoms with Crippen LogP contribution in [0.5, 0.6) is 0 Å². The van der Waals surface area contributed by atoms with Gasteiger partial charge in [-0.3, -0.25) is 10.4 Å². The first-order valence-corrected chi connectivity index (χ1v) is 10.6. The van der Waals surface area contributed by atoms with Gasteiger partial charge in [-0.15, -0.1) is 11.3 Å². The largest absolute Gasteiger partial charge is 0.377 e. The van der Waals surface area contributed by atoms with E-state index in [0.717, 1.165) is 48.2 Å². The molecule has 1 saturated heterocycles. The van der Waals surface area contributed by atoms with E-state index in [-0.39, 0.29) is 6.17 Å². The van der Waals surface area contributed by atoms with E-state index in [0.29, 0.717) is 11.5 Å². The third-order valence-electron chi connectivity index (χ3n) is 4.77. The number of nitrogens with one attached hydrogen (secondary N) is 3. The van der Waals surface area contributed by atoms with Crippen molar-refractivity contribution < 1.29 is 4.74 Å². The van der Waals surface area contributed by atoms with E-state index in [1.807, 2.05) is 18.2 Å². The number of benzene rings is 1. The van der Waals surface area contributed by atoms with Crippen molar-refractivity contribution in [1.29, 1.82) is 5.26 Å². The molecule has 0 spiro atoms. The smallest absolute Gasteiger partial charge is 0.152 e. The van der Waals surface area contributed by atoms with Gasteiger partial charge in [0, 0.05) is 30.5 Å². The van der Waals surface area contributed by atoms with Gasteiger partial charge in [0.05, 0.1) is 23.8 Å². The lowest BCUT2D eigenvalue weighted by molar-refractivity contribution is 0.0756. The number of anilines is 3. The lowest BCUT2D eigenvalue weighted by Gasteiger charge is -2.36. The van der Waals surface area contributed by atoms with Gasteiger partial charge in [0.2, 0.25) is 0 Å². The molecular weight excluding hydrogens is 384 g/mol. The lowest BCUT2D eigenvalue weighted by Crippen LogP contribution is -2.53. The maximum absolute atomic E-state index is 8.98. The second-order valence-electron chi connectivity index (χ2n) is 6.85. The second kappa shape index (κ2) is 9.09. The number of ether oxygens (including phenoxy) is 1. The number of aromatic amines is 1. The maximum atomic E-state index is 8.98. The number of nitrogens with zero attached hydrogens (tertiary/aromatic N) is 3. The van der Waals surface area contributed by atoms with E-state index in [1.54, 1.807) is 0 Å². The molecule has 1 atom stereocenters. The van der Waals surface area contributed by atoms with Gasteiger partial charge in [0.25, 0.3) is 0 Å². The van der Waals surface area contributed by atoms with Crippen molar-refractivity contribution >= 4 is 28.5 Å². The Morgan fingerprint density at radius 3 is 2.86 bits per heavy atom. The fourth-order valence-corrected chi connectivity index (χ4v) is 4.17. The molecule has 1 aromatic carbocycles. The topological polar surface area (TPSA) is 89.0 Å². The SMILES string of the molecule is CCCN(c1ccc(Nc2cc(-c3ccc(C#N)s3)[nH]n2)cc1)C1COCCN1. The number of H-pyrrole nitrogens is 1. The van der Waals surface area contributed by atoms with Gasteiger partial charge in [0.15, 0.2) is 5.82 Å². The number of aromatic nitrogens is 2. The summed E-state index contributed by atoms with van der Waals surface area (Å²) in [7, 11) is 0. The molecule has 4 rings (SSSR count). The Morgan fingerprint density at radius 1 is 1.31 bits per heavy atom. The molecule has 3 heterocycles. The summed E-state index contributed by atoms with van der Waals surface area (Å²) in [5.41, 5.74) is 3.04. The molecule has 0 aliphatic carbocycles. The van der Waals surface area contributed by atoms with Crippen molar-refractivity contribution in [3.8, 4) is 16.6 Å². The van der Waals surface area contributed by atoms with E-state index in [4.69, 9.17) is 10.00 Å². The van der Waals surface area contributed by atoms with Crippen molar-refractivity contribution in [2.45, 2.75) is 19.5 Å². The fraction of sp³-hybridized carbons (Fsp3) is 0.333. The van der Waals surface area contributed by atoms with Crippen LogP contribution in [0.2, 0.25) is 0 Å². The number of hydrogen-bond acceptors (Lipinski definition) is 7. The molecule has 0 radical (unpaired) electrons. The highest BCUT2D eigenvalue weighted by Gasteiger charge is 2.20. The highest BCUT2D eigenvalue weighted by atomic mass is 32.1. The summed E-state index contributed by atoms with van der Waals surface area (Å²) in [4.78, 5) is 4.04. The Morgan fingerprint density at radius 2 is 2.17 bits per heavy atom. The third kappa shape index (κ3) is 4.59. The Labute approximate surface area is 174 Å². The van der Waals surface area contributed by atoms with Gasteiger partial charge < -0.3 is 15.0 Å². The summed E-state index contributed by atoms with van der Waals surface area (Å²) in [5.74, 6) is 0.743. The number of nitriles is 1. The van der Waals surface area contributed by atoms with Crippen LogP contribution in [0.4, 0.5) is 17.2 Å². The summed E-state index contributed by atoms with van der Waals surface area (Å²) < 4.78 is 5.64. The van der Waals surface area contributed by atoms with Crippen LogP contribution in [0.25, 0.3) is 10.6 Å². The zero-order valence-electron chi connectivity index (χ0n) is 16.3. The molecule has 1 unspecified atom stereocenters. The Bertz CT molecular complexity index is 968. The van der Waals surface area contributed by atoms with Crippen molar-refractivity contribution in [2.75, 3.05) is 36.5 Å². The maximum Gasteiger partial charge on any atom is 0.152 e. The molecule has 1 aliphatic heterocycles. The average molecular weight is 409 g/mol. The normalized spacial score (nSPS) is 16.3. The van der Waals surface area contributed by atoms with Crippen LogP contribution in [-0.4, -0.2) is 42.7 Å². The minimum absolute atomic E-state index is 0.209. The minimum Gasteiger partial charge on any atom is -0.377 e. The molecule has 1 aliphatic rings. The van der Waals surface area contributed by atoms with Crippen LogP contribution >= 0.6 is 11.3 Å². The molecule has 0 saturated carbocycles. The molecule has 8 heteroatoms. The van der Waals surface area contributed by atoms with Gasteiger partial charge in [-0.05, 0) is 42.8 Å². The van der Waals surface area contributed by atoms with E-state index < -0.39 is 0 Å². The Balaban J connectivity index is 1.44. The van der Waals surface area contributed by atoms with Gasteiger partial charge in [-0.2, -0.15) is 10.4 Å². The Hall–Kier alpha value is -2.86. The molecule has 3 aromatic rings. The summed E-state index contributed by atoms with van der Waals surface area (Å²) in [6.45, 7) is 5.52. The molecule has 150 valence electrons. The second-order valence-corrected chi connectivity index (χ2v) is 7.94. The first kappa shape index (κ1) is 19.5. The highest BCUT2D eigenvalue weighted by molar-refractivity contribution is 7.15. The summed E-state index contributed by atoms with van der Waals surface area (Å²) in [5, 5.41) is 23.2. The van der Waals surface area contributed by atoms with Crippen LogP contribution in [0.1, 0.15) is 18.2 Å². The summed E-state index contributed by atoms with van der Waals surface area (Å²) in [6.07, 6.45) is 1.28. The predicted octanol–water partition coefficient (Wildman–Crippen LogP) is 3.92. The van der Waals surface area contributed by atoms with Crippen LogP contribution < -0.4 is 15.5 Å². The van der Waals surface area contributed by atoms with Crippen molar-refractivity contribution in [3.63, 3.8) is 0 Å². The zero-order chi connectivity index (χ0) is 20.1. The summed E-state index contributed by atoms with van der Waals surface area (Å²) >= 11 is 1.45. The van der Waals surface area contributed by atoms with E-state index in [9.17, 15) is 0 Å². The predicted molar refractivity (Wildman–Crippen MR) is 117 cm³/mol. The van der Waals surface area contributed by atoms with Gasteiger partial charge >= 0.3 is 0 Å². The van der Waals surface area contributed by atoms with E-state index in [1.165, 1.54) is 17.0 Å². The van der Waals surface area contributed by atoms with Crippen molar-refractivity contribution in [1.82, 2.24) is 15.5 Å². The van der Waals surface area contributed by atoms with Crippen molar-refractivity contribution in [2.24, 2.45) is 0 Å². The number of rotatable bonds is 7. The first-order valence-electron chi connectivity index (χ1n) is 9.77. The lowest BCUT2D eigenvalue weighted by atomic mass is 10.2. The average Bonchev–Trinajstić information content (AvgIpc) is 3.43. The molecule has 1 fully saturated rings. The number of hydrogen-bond donors (Lipinski definition) is 3. The Kier molecular flexibility index (Phi) is 6.10. The molecule has 3 N–H and O–H groups in total. The molecule has 2 aromatic heterocycles. The quantitative estimate of drug-likeness (QED) is 0.549.